The summed E-state index contributed by atoms with van der Waals surface area (Å²) < 4.78 is 0. The van der Waals surface area contributed by atoms with Crippen molar-refractivity contribution in [2.75, 3.05) is 0 Å². The Morgan fingerprint density at radius 1 is 1.11 bits per heavy atom. The van der Waals surface area contributed by atoms with Crippen molar-refractivity contribution in [3.63, 3.8) is 0 Å². The summed E-state index contributed by atoms with van der Waals surface area (Å²) in [7, 11) is 0. The molecule has 1 nitrogen and oxygen atoms in total. The first kappa shape index (κ1) is 13.3. The Bertz CT molecular complexity index is 522. The van der Waals surface area contributed by atoms with Crippen molar-refractivity contribution in [1.82, 2.24) is 4.98 Å². The molecule has 0 aliphatic heterocycles. The van der Waals surface area contributed by atoms with E-state index in [0.717, 1.165) is 5.69 Å². The number of benzene rings is 1. The van der Waals surface area contributed by atoms with Crippen LogP contribution in [-0.2, 0) is 0 Å². The second kappa shape index (κ2) is 5.66. The molecule has 0 spiro atoms. The lowest BCUT2D eigenvalue weighted by Crippen LogP contribution is -2.05. The molecule has 2 rings (SSSR count). The number of aromatic nitrogens is 1. The maximum Gasteiger partial charge on any atom is 0.0478 e. The minimum atomic E-state index is 0.298. The lowest BCUT2D eigenvalue weighted by atomic mass is 9.93. The van der Waals surface area contributed by atoms with Crippen LogP contribution in [0.15, 0.2) is 42.6 Å². The maximum absolute atomic E-state index is 4.45. The molecule has 0 radical (unpaired) electrons. The van der Waals surface area contributed by atoms with Crippen LogP contribution in [0.1, 0.15) is 40.1 Å². The van der Waals surface area contributed by atoms with E-state index in [9.17, 15) is 0 Å². The highest BCUT2D eigenvalue weighted by Gasteiger charge is 2.20. The van der Waals surface area contributed by atoms with E-state index >= 15 is 0 Å². The third-order valence-corrected chi connectivity index (χ3v) is 4.61. The Hall–Kier alpha value is -1.15. The minimum absolute atomic E-state index is 0.298. The van der Waals surface area contributed by atoms with Crippen molar-refractivity contribution in [2.45, 2.75) is 31.5 Å². The van der Waals surface area contributed by atoms with Gasteiger partial charge in [-0.1, -0.05) is 52.7 Å². The zero-order valence-electron chi connectivity index (χ0n) is 11.0. The number of hydrogen-bond donors (Lipinski definition) is 0. The minimum Gasteiger partial charge on any atom is -0.261 e. The average Bonchev–Trinajstić information content (AvgIpc) is 2.41. The van der Waals surface area contributed by atoms with Gasteiger partial charge in [0.1, 0.15) is 0 Å². The zero-order chi connectivity index (χ0) is 13.1. The molecule has 94 valence electrons. The number of halogens is 1. The second-order valence-electron chi connectivity index (χ2n) is 4.81. The summed E-state index contributed by atoms with van der Waals surface area (Å²) in [5, 5.41) is 0. The Balaban J connectivity index is 2.31. The molecular weight excluding hydrogens is 286 g/mol. The molecule has 0 fully saturated rings. The smallest absolute Gasteiger partial charge is 0.0478 e. The summed E-state index contributed by atoms with van der Waals surface area (Å²) in [6.45, 7) is 6.51. The third-order valence-electron chi connectivity index (χ3n) is 3.33. The van der Waals surface area contributed by atoms with Crippen molar-refractivity contribution in [2.24, 2.45) is 0 Å². The van der Waals surface area contributed by atoms with E-state index in [1.54, 1.807) is 0 Å². The Morgan fingerprint density at radius 3 is 2.56 bits per heavy atom. The van der Waals surface area contributed by atoms with Gasteiger partial charge in [-0.15, -0.1) is 0 Å². The third kappa shape index (κ3) is 2.81. The van der Waals surface area contributed by atoms with Gasteiger partial charge in [0, 0.05) is 22.6 Å². The van der Waals surface area contributed by atoms with Crippen LogP contribution in [0, 0.1) is 13.8 Å². The van der Waals surface area contributed by atoms with Crippen LogP contribution in [0.5, 0.6) is 0 Å². The lowest BCUT2D eigenvalue weighted by molar-refractivity contribution is 0.721. The van der Waals surface area contributed by atoms with Gasteiger partial charge in [-0.05, 0) is 37.1 Å². The Kier molecular flexibility index (Phi) is 4.18. The number of nitrogens with zero attached hydrogens (tertiary/aromatic N) is 1. The van der Waals surface area contributed by atoms with Gasteiger partial charge in [0.15, 0.2) is 0 Å². The monoisotopic (exact) mass is 303 g/mol. The van der Waals surface area contributed by atoms with Gasteiger partial charge in [0.05, 0.1) is 0 Å². The molecule has 2 unspecified atom stereocenters. The fourth-order valence-electron chi connectivity index (χ4n) is 2.12. The van der Waals surface area contributed by atoms with Crippen LogP contribution in [-0.4, -0.2) is 4.98 Å². The number of rotatable bonds is 3. The van der Waals surface area contributed by atoms with E-state index in [4.69, 9.17) is 0 Å². The molecule has 1 aromatic carbocycles. The molecule has 1 heterocycles. The van der Waals surface area contributed by atoms with Crippen LogP contribution in [0.25, 0.3) is 0 Å². The second-order valence-corrected chi connectivity index (χ2v) is 5.79. The molecule has 0 bridgehead atoms. The van der Waals surface area contributed by atoms with Gasteiger partial charge in [-0.2, -0.15) is 0 Å². The number of pyridine rings is 1. The SMILES string of the molecule is Cc1ccc(C)c(C(Br)C(C)c2ccccn2)c1. The summed E-state index contributed by atoms with van der Waals surface area (Å²) >= 11 is 3.83. The molecule has 1 aromatic heterocycles. The van der Waals surface area contributed by atoms with E-state index in [1.165, 1.54) is 16.7 Å². The van der Waals surface area contributed by atoms with Crippen molar-refractivity contribution in [3.05, 3.63) is 65.0 Å². The molecule has 0 saturated heterocycles. The standard InChI is InChI=1S/C16H18BrN/c1-11-7-8-12(2)14(10-11)16(17)13(3)15-6-4-5-9-18-15/h4-10,13,16H,1-3H3. The van der Waals surface area contributed by atoms with Crippen molar-refractivity contribution < 1.29 is 0 Å². The van der Waals surface area contributed by atoms with Crippen LogP contribution >= 0.6 is 15.9 Å². The van der Waals surface area contributed by atoms with Crippen molar-refractivity contribution >= 4 is 15.9 Å². The Labute approximate surface area is 117 Å². The molecule has 2 aromatic rings. The molecule has 0 aliphatic rings. The van der Waals surface area contributed by atoms with Gasteiger partial charge in [-0.25, -0.2) is 0 Å². The highest BCUT2D eigenvalue weighted by atomic mass is 79.9. The number of alkyl halides is 1. The quantitative estimate of drug-likeness (QED) is 0.732. The zero-order valence-corrected chi connectivity index (χ0v) is 12.6. The summed E-state index contributed by atoms with van der Waals surface area (Å²) in [4.78, 5) is 4.75. The van der Waals surface area contributed by atoms with E-state index in [0.29, 0.717) is 10.7 Å². The Morgan fingerprint density at radius 2 is 1.89 bits per heavy atom. The van der Waals surface area contributed by atoms with E-state index in [1.807, 2.05) is 18.3 Å². The molecule has 2 atom stereocenters. The highest BCUT2D eigenvalue weighted by Crippen LogP contribution is 2.38. The highest BCUT2D eigenvalue weighted by molar-refractivity contribution is 9.09. The van der Waals surface area contributed by atoms with Gasteiger partial charge in [0.25, 0.3) is 0 Å². The van der Waals surface area contributed by atoms with Gasteiger partial charge >= 0.3 is 0 Å². The van der Waals surface area contributed by atoms with Gasteiger partial charge < -0.3 is 0 Å². The molecule has 18 heavy (non-hydrogen) atoms. The lowest BCUT2D eigenvalue weighted by Gasteiger charge is -2.20. The normalized spacial score (nSPS) is 14.2. The fraction of sp³-hybridized carbons (Fsp3) is 0.312. The van der Waals surface area contributed by atoms with Crippen LogP contribution in [0.2, 0.25) is 0 Å². The maximum atomic E-state index is 4.45. The van der Waals surface area contributed by atoms with E-state index < -0.39 is 0 Å². The average molecular weight is 304 g/mol. The van der Waals surface area contributed by atoms with E-state index in [-0.39, 0.29) is 0 Å². The molecular formula is C16H18BrN. The van der Waals surface area contributed by atoms with Crippen LogP contribution in [0.4, 0.5) is 0 Å². The van der Waals surface area contributed by atoms with Crippen LogP contribution in [0.3, 0.4) is 0 Å². The first-order chi connectivity index (χ1) is 8.59. The molecule has 0 amide bonds. The molecule has 0 N–H and O–H groups in total. The number of aryl methyl sites for hydroxylation is 2. The van der Waals surface area contributed by atoms with Gasteiger partial charge in [-0.3, -0.25) is 4.98 Å². The predicted molar refractivity (Wildman–Crippen MR) is 80.2 cm³/mol. The summed E-state index contributed by atoms with van der Waals surface area (Å²) in [6.07, 6.45) is 1.86. The summed E-state index contributed by atoms with van der Waals surface area (Å²) in [5.74, 6) is 0.353. The van der Waals surface area contributed by atoms with Crippen molar-refractivity contribution in [1.29, 1.82) is 0 Å². The predicted octanol–water partition coefficient (Wildman–Crippen LogP) is 4.94. The molecule has 2 heteroatoms. The summed E-state index contributed by atoms with van der Waals surface area (Å²) in [6, 6.07) is 12.7. The number of hydrogen-bond acceptors (Lipinski definition) is 1. The van der Waals surface area contributed by atoms with Crippen molar-refractivity contribution in [3.8, 4) is 0 Å². The first-order valence-corrected chi connectivity index (χ1v) is 7.13. The molecule has 0 aliphatic carbocycles. The van der Waals surface area contributed by atoms with E-state index in [2.05, 4.69) is 66.0 Å². The largest absolute Gasteiger partial charge is 0.261 e. The topological polar surface area (TPSA) is 12.9 Å². The fourth-order valence-corrected chi connectivity index (χ4v) is 2.89. The first-order valence-electron chi connectivity index (χ1n) is 6.21. The summed E-state index contributed by atoms with van der Waals surface area (Å²) in [5.41, 5.74) is 5.10. The van der Waals surface area contributed by atoms with Gasteiger partial charge in [0.2, 0.25) is 0 Å². The van der Waals surface area contributed by atoms with Crippen LogP contribution < -0.4 is 0 Å². The molecule has 0 saturated carbocycles.